The molecule has 3 rings (SSSR count). The second kappa shape index (κ2) is 7.93. The summed E-state index contributed by atoms with van der Waals surface area (Å²) in [4.78, 5) is 14.8. The predicted molar refractivity (Wildman–Crippen MR) is 106 cm³/mol. The van der Waals surface area contributed by atoms with E-state index in [1.165, 1.54) is 25.2 Å². The Hall–Kier alpha value is -3.00. The van der Waals surface area contributed by atoms with Crippen molar-refractivity contribution < 1.29 is 27.4 Å². The van der Waals surface area contributed by atoms with E-state index in [9.17, 15) is 13.2 Å². The van der Waals surface area contributed by atoms with Crippen molar-refractivity contribution in [2.75, 3.05) is 32.0 Å². The molecule has 8 heteroatoms. The highest BCUT2D eigenvalue weighted by molar-refractivity contribution is 7.94. The highest BCUT2D eigenvalue weighted by atomic mass is 32.2. The number of sulfone groups is 1. The van der Waals surface area contributed by atoms with Crippen LogP contribution in [0.1, 0.15) is 10.4 Å². The average molecular weight is 403 g/mol. The van der Waals surface area contributed by atoms with Gasteiger partial charge in [0.2, 0.25) is 0 Å². The molecule has 28 heavy (non-hydrogen) atoms. The van der Waals surface area contributed by atoms with Crippen molar-refractivity contribution in [3.8, 4) is 17.2 Å². The number of rotatable bonds is 6. The highest BCUT2D eigenvalue weighted by Gasteiger charge is 2.33. The van der Waals surface area contributed by atoms with Crippen molar-refractivity contribution in [2.45, 2.75) is 6.04 Å². The van der Waals surface area contributed by atoms with E-state index in [4.69, 9.17) is 14.2 Å². The van der Waals surface area contributed by atoms with Gasteiger partial charge >= 0.3 is 0 Å². The molecule has 0 saturated heterocycles. The number of anilines is 1. The Balaban J connectivity index is 2.07. The first-order valence-corrected chi connectivity index (χ1v) is 10.2. The third-order valence-electron chi connectivity index (χ3n) is 4.44. The summed E-state index contributed by atoms with van der Waals surface area (Å²) in [5, 5.41) is 1.14. The summed E-state index contributed by atoms with van der Waals surface area (Å²) < 4.78 is 39.7. The third-order valence-corrected chi connectivity index (χ3v) is 5.82. The first kappa shape index (κ1) is 19.8. The van der Waals surface area contributed by atoms with Crippen LogP contribution in [0.3, 0.4) is 0 Å². The van der Waals surface area contributed by atoms with Gasteiger partial charge in [0, 0.05) is 17.0 Å². The van der Waals surface area contributed by atoms with Crippen LogP contribution in [0.15, 0.2) is 53.9 Å². The smallest absolute Gasteiger partial charge is 0.258 e. The topological polar surface area (TPSA) is 82.1 Å². The Kier molecular flexibility index (Phi) is 5.60. The SMILES string of the molecule is COc1ccc(C(=O)N(c2ccc(OC)cc2OC)[C@H]2C=CS(=O)(=O)C2)cc1. The first-order valence-electron chi connectivity index (χ1n) is 8.49. The minimum Gasteiger partial charge on any atom is -0.497 e. The maximum absolute atomic E-state index is 13.3. The van der Waals surface area contributed by atoms with Crippen molar-refractivity contribution >= 4 is 21.4 Å². The molecule has 1 aliphatic rings. The molecule has 0 saturated carbocycles. The quantitative estimate of drug-likeness (QED) is 0.738. The lowest BCUT2D eigenvalue weighted by molar-refractivity contribution is 0.0982. The maximum Gasteiger partial charge on any atom is 0.258 e. The Labute approximate surface area is 164 Å². The number of amides is 1. The lowest BCUT2D eigenvalue weighted by atomic mass is 10.1. The summed E-state index contributed by atoms with van der Waals surface area (Å²) >= 11 is 0. The second-order valence-corrected chi connectivity index (χ2v) is 8.10. The second-order valence-electron chi connectivity index (χ2n) is 6.17. The molecule has 148 valence electrons. The maximum atomic E-state index is 13.3. The van der Waals surface area contributed by atoms with Crippen LogP contribution in [0.25, 0.3) is 0 Å². The van der Waals surface area contributed by atoms with Crippen LogP contribution >= 0.6 is 0 Å². The number of hydrogen-bond acceptors (Lipinski definition) is 6. The summed E-state index contributed by atoms with van der Waals surface area (Å²) in [5.74, 6) is 1.04. The minimum atomic E-state index is -3.37. The van der Waals surface area contributed by atoms with E-state index in [2.05, 4.69) is 0 Å². The van der Waals surface area contributed by atoms with E-state index in [0.29, 0.717) is 28.5 Å². The summed E-state index contributed by atoms with van der Waals surface area (Å²) in [7, 11) is 1.18. The normalized spacial score (nSPS) is 17.2. The number of methoxy groups -OCH3 is 3. The minimum absolute atomic E-state index is 0.190. The van der Waals surface area contributed by atoms with Gasteiger partial charge in [-0.05, 0) is 42.5 Å². The fourth-order valence-electron chi connectivity index (χ4n) is 3.02. The standard InChI is InChI=1S/C20H21NO6S/c1-25-16-6-4-14(5-7-16)20(22)21(15-10-11-28(23,24)13-15)18-9-8-17(26-2)12-19(18)27-3/h4-12,15H,13H2,1-3H3/t15-/m0/s1. The van der Waals surface area contributed by atoms with Crippen LogP contribution < -0.4 is 19.1 Å². The summed E-state index contributed by atoms with van der Waals surface area (Å²) in [6.45, 7) is 0. The Morgan fingerprint density at radius 1 is 0.964 bits per heavy atom. The lowest BCUT2D eigenvalue weighted by Crippen LogP contribution is -2.41. The Morgan fingerprint density at radius 2 is 1.61 bits per heavy atom. The Morgan fingerprint density at radius 3 is 2.14 bits per heavy atom. The number of carbonyl (C=O) groups is 1. The van der Waals surface area contributed by atoms with Gasteiger partial charge in [0.25, 0.3) is 5.91 Å². The third kappa shape index (κ3) is 3.96. The summed E-state index contributed by atoms with van der Waals surface area (Å²) in [6, 6.07) is 11.0. The molecule has 2 aromatic carbocycles. The van der Waals surface area contributed by atoms with E-state index >= 15 is 0 Å². The zero-order valence-electron chi connectivity index (χ0n) is 15.8. The van der Waals surface area contributed by atoms with Gasteiger partial charge in [-0.3, -0.25) is 9.69 Å². The van der Waals surface area contributed by atoms with Crippen LogP contribution in [-0.4, -0.2) is 47.4 Å². The van der Waals surface area contributed by atoms with Gasteiger partial charge in [-0.15, -0.1) is 0 Å². The van der Waals surface area contributed by atoms with E-state index in [1.54, 1.807) is 49.6 Å². The molecule has 0 N–H and O–H groups in total. The first-order chi connectivity index (χ1) is 13.4. The van der Waals surface area contributed by atoms with E-state index < -0.39 is 15.9 Å². The van der Waals surface area contributed by atoms with E-state index in [0.717, 1.165) is 5.41 Å². The number of carbonyl (C=O) groups excluding carboxylic acids is 1. The molecule has 0 aromatic heterocycles. The molecular weight excluding hydrogens is 382 g/mol. The Bertz CT molecular complexity index is 998. The molecule has 1 aliphatic heterocycles. The molecule has 0 aliphatic carbocycles. The largest absolute Gasteiger partial charge is 0.497 e. The van der Waals surface area contributed by atoms with Gasteiger partial charge in [-0.2, -0.15) is 0 Å². The molecule has 0 fully saturated rings. The lowest BCUT2D eigenvalue weighted by Gasteiger charge is -2.29. The van der Waals surface area contributed by atoms with Gasteiger partial charge in [-0.1, -0.05) is 0 Å². The van der Waals surface area contributed by atoms with Gasteiger partial charge in [-0.25, -0.2) is 8.42 Å². The van der Waals surface area contributed by atoms with Crippen molar-refractivity contribution in [3.05, 3.63) is 59.5 Å². The van der Waals surface area contributed by atoms with Gasteiger partial charge < -0.3 is 14.2 Å². The molecule has 1 atom stereocenters. The zero-order chi connectivity index (χ0) is 20.3. The monoisotopic (exact) mass is 403 g/mol. The summed E-state index contributed by atoms with van der Waals surface area (Å²) in [5.41, 5.74) is 0.854. The van der Waals surface area contributed by atoms with Crippen LogP contribution in [-0.2, 0) is 9.84 Å². The molecule has 7 nitrogen and oxygen atoms in total. The van der Waals surface area contributed by atoms with Gasteiger partial charge in [0.15, 0.2) is 9.84 Å². The van der Waals surface area contributed by atoms with Crippen molar-refractivity contribution in [1.29, 1.82) is 0 Å². The van der Waals surface area contributed by atoms with Gasteiger partial charge in [0.05, 0.1) is 38.8 Å². The number of benzene rings is 2. The molecule has 1 amide bonds. The molecule has 2 aromatic rings. The van der Waals surface area contributed by atoms with E-state index in [-0.39, 0.29) is 11.7 Å². The fraction of sp³-hybridized carbons (Fsp3) is 0.250. The average Bonchev–Trinajstić information content (AvgIpc) is 3.07. The van der Waals surface area contributed by atoms with Gasteiger partial charge in [0.1, 0.15) is 17.2 Å². The van der Waals surface area contributed by atoms with E-state index in [1.807, 2.05) is 0 Å². The fourth-order valence-corrected chi connectivity index (χ4v) is 4.28. The molecule has 0 unspecified atom stereocenters. The van der Waals surface area contributed by atoms with Crippen LogP contribution in [0, 0.1) is 0 Å². The highest BCUT2D eigenvalue weighted by Crippen LogP contribution is 2.36. The molecule has 1 heterocycles. The summed E-state index contributed by atoms with van der Waals surface area (Å²) in [6.07, 6.45) is 1.51. The molecule has 0 spiro atoms. The van der Waals surface area contributed by atoms with Crippen LogP contribution in [0.2, 0.25) is 0 Å². The number of hydrogen-bond donors (Lipinski definition) is 0. The van der Waals surface area contributed by atoms with Crippen molar-refractivity contribution in [3.63, 3.8) is 0 Å². The van der Waals surface area contributed by atoms with Crippen molar-refractivity contribution in [1.82, 2.24) is 0 Å². The van der Waals surface area contributed by atoms with Crippen molar-refractivity contribution in [2.24, 2.45) is 0 Å². The van der Waals surface area contributed by atoms with Crippen LogP contribution in [0.4, 0.5) is 5.69 Å². The van der Waals surface area contributed by atoms with Crippen LogP contribution in [0.5, 0.6) is 17.2 Å². The zero-order valence-corrected chi connectivity index (χ0v) is 16.6. The molecule has 0 bridgehead atoms. The number of ether oxygens (including phenoxy) is 3. The number of nitrogens with zero attached hydrogens (tertiary/aromatic N) is 1. The molecular formula is C20H21NO6S. The molecule has 0 radical (unpaired) electrons. The predicted octanol–water partition coefficient (Wildman–Crippen LogP) is 2.67.